The summed E-state index contributed by atoms with van der Waals surface area (Å²) in [5.41, 5.74) is 4.67. The molecule has 0 aliphatic heterocycles. The molecule has 31 heavy (non-hydrogen) atoms. The van der Waals surface area contributed by atoms with E-state index in [9.17, 15) is 9.59 Å². The third-order valence-electron chi connectivity index (χ3n) is 5.12. The van der Waals surface area contributed by atoms with Gasteiger partial charge in [-0.2, -0.15) is 0 Å². The molecule has 0 spiro atoms. The van der Waals surface area contributed by atoms with Gasteiger partial charge in [0, 0.05) is 35.0 Å². The molecule has 1 N–H and O–H groups in total. The van der Waals surface area contributed by atoms with E-state index in [1.54, 1.807) is 18.2 Å². The average Bonchev–Trinajstić information content (AvgIpc) is 3.08. The zero-order chi connectivity index (χ0) is 22.1. The lowest BCUT2D eigenvalue weighted by Gasteiger charge is -2.06. The Hall–Kier alpha value is -3.08. The molecule has 0 fully saturated rings. The minimum absolute atomic E-state index is 0.0733. The summed E-state index contributed by atoms with van der Waals surface area (Å²) >= 11 is 12.2. The first-order chi connectivity index (χ1) is 14.8. The molecule has 0 aliphatic rings. The molecule has 1 aromatic heterocycles. The van der Waals surface area contributed by atoms with Crippen molar-refractivity contribution in [3.63, 3.8) is 0 Å². The van der Waals surface area contributed by atoms with Crippen LogP contribution in [-0.4, -0.2) is 11.7 Å². The quantitative estimate of drug-likeness (QED) is 0.348. The molecule has 0 saturated carbocycles. The molecule has 156 valence electrons. The number of nitrogens with one attached hydrogen (secondary N) is 1. The molecular formula is C25H19Cl2NO3. The summed E-state index contributed by atoms with van der Waals surface area (Å²) in [4.78, 5) is 24.2. The monoisotopic (exact) mass is 451 g/mol. The van der Waals surface area contributed by atoms with Gasteiger partial charge in [-0.1, -0.05) is 53.5 Å². The summed E-state index contributed by atoms with van der Waals surface area (Å²) in [5.74, 6) is -0.0964. The van der Waals surface area contributed by atoms with Crippen molar-refractivity contribution in [3.05, 3.63) is 93.2 Å². The topological polar surface area (TPSA) is 59.3 Å². The fourth-order valence-corrected chi connectivity index (χ4v) is 4.00. The molecule has 0 bridgehead atoms. The van der Waals surface area contributed by atoms with E-state index in [4.69, 9.17) is 27.6 Å². The largest absolute Gasteiger partial charge is 0.452 e. The van der Waals surface area contributed by atoms with Gasteiger partial charge in [-0.25, -0.2) is 0 Å². The van der Waals surface area contributed by atoms with Gasteiger partial charge in [-0.05, 0) is 53.9 Å². The van der Waals surface area contributed by atoms with Crippen LogP contribution in [0.1, 0.15) is 34.2 Å². The fourth-order valence-electron chi connectivity index (χ4n) is 3.50. The van der Waals surface area contributed by atoms with Gasteiger partial charge in [0.05, 0.1) is 5.02 Å². The number of hydrogen-bond donors (Lipinski definition) is 1. The van der Waals surface area contributed by atoms with Gasteiger partial charge in [-0.15, -0.1) is 0 Å². The van der Waals surface area contributed by atoms with Gasteiger partial charge in [0.1, 0.15) is 5.58 Å². The molecule has 4 aromatic rings. The number of furan rings is 1. The van der Waals surface area contributed by atoms with E-state index in [0.717, 1.165) is 27.6 Å². The van der Waals surface area contributed by atoms with Crippen LogP contribution in [-0.2, 0) is 11.3 Å². The SMILES string of the molecule is CC(=O)NCc1cccc(-c2ccc3c(C)c(C(=O)c4ccc(Cl)cc4Cl)oc3c2)c1. The van der Waals surface area contributed by atoms with E-state index in [1.165, 1.54) is 6.92 Å². The van der Waals surface area contributed by atoms with Crippen LogP contribution in [0.25, 0.3) is 22.1 Å². The molecule has 0 saturated heterocycles. The molecule has 3 aromatic carbocycles. The van der Waals surface area contributed by atoms with Crippen LogP contribution in [0.2, 0.25) is 10.0 Å². The summed E-state index contributed by atoms with van der Waals surface area (Å²) < 4.78 is 5.97. The molecule has 1 heterocycles. The number of ketones is 1. The second-order valence-electron chi connectivity index (χ2n) is 7.33. The Balaban J connectivity index is 1.70. The van der Waals surface area contributed by atoms with Crippen LogP contribution in [0.5, 0.6) is 0 Å². The molecule has 4 nitrogen and oxygen atoms in total. The molecule has 0 atom stereocenters. The predicted octanol–water partition coefficient (Wildman–Crippen LogP) is 6.58. The third kappa shape index (κ3) is 4.36. The Labute approximate surface area is 189 Å². The van der Waals surface area contributed by atoms with Crippen molar-refractivity contribution in [2.75, 3.05) is 0 Å². The summed E-state index contributed by atoms with van der Waals surface area (Å²) in [6.07, 6.45) is 0. The van der Waals surface area contributed by atoms with E-state index in [2.05, 4.69) is 5.32 Å². The van der Waals surface area contributed by atoms with E-state index < -0.39 is 0 Å². The molecular weight excluding hydrogens is 433 g/mol. The summed E-state index contributed by atoms with van der Waals surface area (Å²) in [6.45, 7) is 3.81. The number of rotatable bonds is 5. The van der Waals surface area contributed by atoms with Crippen molar-refractivity contribution in [2.24, 2.45) is 0 Å². The highest BCUT2D eigenvalue weighted by Gasteiger charge is 2.21. The number of aryl methyl sites for hydroxylation is 1. The van der Waals surface area contributed by atoms with Crippen molar-refractivity contribution in [1.82, 2.24) is 5.32 Å². The van der Waals surface area contributed by atoms with Gasteiger partial charge >= 0.3 is 0 Å². The van der Waals surface area contributed by atoms with Crippen molar-refractivity contribution in [3.8, 4) is 11.1 Å². The predicted molar refractivity (Wildman–Crippen MR) is 124 cm³/mol. The third-order valence-corrected chi connectivity index (χ3v) is 5.67. The number of amides is 1. The highest BCUT2D eigenvalue weighted by Crippen LogP contribution is 2.33. The lowest BCUT2D eigenvalue weighted by Crippen LogP contribution is -2.18. The van der Waals surface area contributed by atoms with Crippen molar-refractivity contribution in [1.29, 1.82) is 0 Å². The average molecular weight is 452 g/mol. The van der Waals surface area contributed by atoms with E-state index >= 15 is 0 Å². The smallest absolute Gasteiger partial charge is 0.229 e. The first kappa shape index (κ1) is 21.2. The number of benzene rings is 3. The Morgan fingerprint density at radius 3 is 2.48 bits per heavy atom. The van der Waals surface area contributed by atoms with Gasteiger partial charge in [0.25, 0.3) is 0 Å². The molecule has 0 radical (unpaired) electrons. The minimum atomic E-state index is -0.283. The van der Waals surface area contributed by atoms with Crippen LogP contribution in [0.15, 0.2) is 65.1 Å². The van der Waals surface area contributed by atoms with Crippen LogP contribution < -0.4 is 5.32 Å². The fraction of sp³-hybridized carbons (Fsp3) is 0.120. The first-order valence-corrected chi connectivity index (χ1v) is 10.5. The first-order valence-electron chi connectivity index (χ1n) is 9.70. The number of fused-ring (bicyclic) bond motifs is 1. The number of halogens is 2. The number of carbonyl (C=O) groups is 2. The Morgan fingerprint density at radius 1 is 0.968 bits per heavy atom. The van der Waals surface area contributed by atoms with Gasteiger partial charge < -0.3 is 9.73 Å². The zero-order valence-electron chi connectivity index (χ0n) is 17.0. The van der Waals surface area contributed by atoms with Crippen molar-refractivity contribution in [2.45, 2.75) is 20.4 Å². The standard InChI is InChI=1S/C25H19Cl2NO3/c1-14-20-8-6-18(17-5-3-4-16(10-17)13-28-15(2)29)11-23(20)31-25(14)24(30)21-9-7-19(26)12-22(21)27/h3-12H,13H2,1-2H3,(H,28,29). The van der Waals surface area contributed by atoms with Gasteiger partial charge in [0.15, 0.2) is 5.76 Å². The van der Waals surface area contributed by atoms with Gasteiger partial charge in [0.2, 0.25) is 11.7 Å². The van der Waals surface area contributed by atoms with E-state index in [0.29, 0.717) is 22.7 Å². The summed E-state index contributed by atoms with van der Waals surface area (Å²) in [7, 11) is 0. The number of carbonyl (C=O) groups excluding carboxylic acids is 2. The van der Waals surface area contributed by atoms with E-state index in [1.807, 2.05) is 49.4 Å². The van der Waals surface area contributed by atoms with Crippen molar-refractivity contribution >= 4 is 45.9 Å². The van der Waals surface area contributed by atoms with Crippen LogP contribution >= 0.6 is 23.2 Å². The lowest BCUT2D eigenvalue weighted by molar-refractivity contribution is -0.119. The maximum Gasteiger partial charge on any atom is 0.229 e. The van der Waals surface area contributed by atoms with E-state index in [-0.39, 0.29) is 22.5 Å². The number of hydrogen-bond acceptors (Lipinski definition) is 3. The molecule has 4 rings (SSSR count). The lowest BCUT2D eigenvalue weighted by atomic mass is 10.0. The minimum Gasteiger partial charge on any atom is -0.452 e. The molecule has 1 amide bonds. The zero-order valence-corrected chi connectivity index (χ0v) is 18.5. The normalized spacial score (nSPS) is 11.0. The maximum atomic E-state index is 13.0. The maximum absolute atomic E-state index is 13.0. The summed E-state index contributed by atoms with van der Waals surface area (Å²) in [6, 6.07) is 18.6. The van der Waals surface area contributed by atoms with Crippen LogP contribution in [0.4, 0.5) is 0 Å². The second kappa shape index (κ2) is 8.58. The molecule has 0 unspecified atom stereocenters. The molecule has 6 heteroatoms. The second-order valence-corrected chi connectivity index (χ2v) is 8.17. The highest BCUT2D eigenvalue weighted by molar-refractivity contribution is 6.37. The Bertz CT molecular complexity index is 1320. The van der Waals surface area contributed by atoms with Crippen LogP contribution in [0.3, 0.4) is 0 Å². The Kier molecular flexibility index (Phi) is 5.86. The van der Waals surface area contributed by atoms with Gasteiger partial charge in [-0.3, -0.25) is 9.59 Å². The summed E-state index contributed by atoms with van der Waals surface area (Å²) in [5, 5.41) is 4.42. The van der Waals surface area contributed by atoms with Crippen molar-refractivity contribution < 1.29 is 14.0 Å². The Morgan fingerprint density at radius 2 is 1.74 bits per heavy atom. The van der Waals surface area contributed by atoms with Crippen LogP contribution in [0, 0.1) is 6.92 Å². The highest BCUT2D eigenvalue weighted by atomic mass is 35.5. The molecule has 0 aliphatic carbocycles.